The average Bonchev–Trinajstić information content (AvgIpc) is 3.33. The Morgan fingerprint density at radius 2 is 1.74 bits per heavy atom. The molecule has 0 N–H and O–H groups in total. The zero-order valence-corrected chi connectivity index (χ0v) is 19.1. The number of carbonyl (C=O) groups is 2. The number of rotatable bonds is 5. The first-order valence-electron chi connectivity index (χ1n) is 11.6. The van der Waals surface area contributed by atoms with Crippen molar-refractivity contribution in [2.75, 3.05) is 19.7 Å². The number of aromatic nitrogens is 3. The summed E-state index contributed by atoms with van der Waals surface area (Å²) in [5, 5.41) is 4.49. The van der Waals surface area contributed by atoms with Gasteiger partial charge in [-0.2, -0.15) is 5.10 Å². The lowest BCUT2D eigenvalue weighted by Gasteiger charge is -2.31. The summed E-state index contributed by atoms with van der Waals surface area (Å²) in [6.45, 7) is 3.10. The van der Waals surface area contributed by atoms with Gasteiger partial charge in [-0.15, -0.1) is 0 Å². The van der Waals surface area contributed by atoms with Crippen LogP contribution in [0.15, 0.2) is 73.1 Å². The first-order chi connectivity index (χ1) is 16.7. The zero-order chi connectivity index (χ0) is 23.5. The number of fused-ring (bicyclic) bond motifs is 1. The van der Waals surface area contributed by atoms with Crippen molar-refractivity contribution in [2.24, 2.45) is 5.92 Å². The number of piperidine rings is 1. The van der Waals surface area contributed by atoms with E-state index in [9.17, 15) is 9.59 Å². The summed E-state index contributed by atoms with van der Waals surface area (Å²) in [6, 6.07) is 20.4. The molecule has 1 aliphatic rings. The number of nitrogens with zero attached hydrogens (tertiary/aromatic N) is 4. The molecule has 0 spiro atoms. The molecule has 1 aliphatic heterocycles. The van der Waals surface area contributed by atoms with Gasteiger partial charge in [-0.05, 0) is 37.0 Å². The van der Waals surface area contributed by atoms with Crippen molar-refractivity contribution < 1.29 is 14.3 Å². The quantitative estimate of drug-likeness (QED) is 0.416. The Bertz CT molecular complexity index is 1310. The van der Waals surface area contributed by atoms with Crippen LogP contribution < -0.4 is 0 Å². The molecule has 1 atom stereocenters. The number of hydrogen-bond donors (Lipinski definition) is 0. The van der Waals surface area contributed by atoms with Crippen LogP contribution in [0.1, 0.15) is 30.1 Å². The fourth-order valence-corrected chi connectivity index (χ4v) is 4.51. The van der Waals surface area contributed by atoms with Gasteiger partial charge in [-0.25, -0.2) is 9.50 Å². The molecule has 2 aromatic heterocycles. The molecule has 2 aromatic carbocycles. The van der Waals surface area contributed by atoms with Gasteiger partial charge in [0.2, 0.25) is 0 Å². The minimum atomic E-state index is -0.286. The Morgan fingerprint density at radius 1 is 1.00 bits per heavy atom. The molecule has 1 amide bonds. The second-order valence-electron chi connectivity index (χ2n) is 8.41. The summed E-state index contributed by atoms with van der Waals surface area (Å²) in [5.74, 6) is -0.682. The molecule has 0 aliphatic carbocycles. The third-order valence-electron chi connectivity index (χ3n) is 6.25. The van der Waals surface area contributed by atoms with Gasteiger partial charge in [-0.3, -0.25) is 9.59 Å². The molecular weight excluding hydrogens is 428 g/mol. The van der Waals surface area contributed by atoms with Crippen LogP contribution in [-0.2, 0) is 9.53 Å². The van der Waals surface area contributed by atoms with Gasteiger partial charge in [0.15, 0.2) is 5.65 Å². The van der Waals surface area contributed by atoms with Crippen molar-refractivity contribution in [3.63, 3.8) is 0 Å². The fourth-order valence-electron chi connectivity index (χ4n) is 4.51. The van der Waals surface area contributed by atoms with Crippen LogP contribution in [0, 0.1) is 5.92 Å². The van der Waals surface area contributed by atoms with Gasteiger partial charge in [0.1, 0.15) is 5.56 Å². The number of carbonyl (C=O) groups excluding carboxylic acids is 2. The molecule has 0 unspecified atom stereocenters. The Labute approximate surface area is 198 Å². The van der Waals surface area contributed by atoms with E-state index in [0.717, 1.165) is 35.2 Å². The number of likely N-dealkylation sites (tertiary alicyclic amines) is 1. The van der Waals surface area contributed by atoms with E-state index in [0.29, 0.717) is 30.9 Å². The SMILES string of the molecule is CCOC(=O)[C@@H]1CCCN(C(=O)c2cnn3c(-c4ccc(-c5ccccc5)cc4)ccnc23)C1. The summed E-state index contributed by atoms with van der Waals surface area (Å²) in [4.78, 5) is 31.7. The van der Waals surface area contributed by atoms with E-state index >= 15 is 0 Å². The summed E-state index contributed by atoms with van der Waals surface area (Å²) in [5.41, 5.74) is 5.07. The molecule has 34 heavy (non-hydrogen) atoms. The van der Waals surface area contributed by atoms with Gasteiger partial charge < -0.3 is 9.64 Å². The van der Waals surface area contributed by atoms with E-state index < -0.39 is 0 Å². The highest BCUT2D eigenvalue weighted by atomic mass is 16.5. The number of benzene rings is 2. The van der Waals surface area contributed by atoms with Crippen LogP contribution in [0.4, 0.5) is 0 Å². The Kier molecular flexibility index (Phi) is 6.08. The second-order valence-corrected chi connectivity index (χ2v) is 8.41. The highest BCUT2D eigenvalue weighted by molar-refractivity contribution is 6.00. The predicted molar refractivity (Wildman–Crippen MR) is 129 cm³/mol. The molecule has 0 radical (unpaired) electrons. The Hall–Kier alpha value is -4.00. The summed E-state index contributed by atoms with van der Waals surface area (Å²) in [7, 11) is 0. The van der Waals surface area contributed by atoms with Gasteiger partial charge in [-0.1, -0.05) is 54.6 Å². The maximum Gasteiger partial charge on any atom is 0.310 e. The van der Waals surface area contributed by atoms with E-state index in [1.165, 1.54) is 0 Å². The maximum atomic E-state index is 13.3. The van der Waals surface area contributed by atoms with Gasteiger partial charge in [0.05, 0.1) is 24.4 Å². The Balaban J connectivity index is 1.41. The normalized spacial score (nSPS) is 15.9. The van der Waals surface area contributed by atoms with Crippen LogP contribution in [0.3, 0.4) is 0 Å². The molecule has 0 saturated carbocycles. The van der Waals surface area contributed by atoms with Crippen LogP contribution in [-0.4, -0.2) is 51.1 Å². The predicted octanol–water partition coefficient (Wildman–Crippen LogP) is 4.48. The molecule has 4 aromatic rings. The van der Waals surface area contributed by atoms with Crippen molar-refractivity contribution >= 4 is 17.5 Å². The van der Waals surface area contributed by atoms with Gasteiger partial charge >= 0.3 is 5.97 Å². The van der Waals surface area contributed by atoms with Crippen molar-refractivity contribution in [3.8, 4) is 22.4 Å². The topological polar surface area (TPSA) is 76.8 Å². The molecule has 5 rings (SSSR count). The van der Waals surface area contributed by atoms with E-state index in [2.05, 4.69) is 46.5 Å². The zero-order valence-electron chi connectivity index (χ0n) is 19.1. The second kappa shape index (κ2) is 9.47. The highest BCUT2D eigenvalue weighted by Crippen LogP contribution is 2.26. The molecule has 172 valence electrons. The lowest BCUT2D eigenvalue weighted by Crippen LogP contribution is -2.42. The van der Waals surface area contributed by atoms with Crippen molar-refractivity contribution in [2.45, 2.75) is 19.8 Å². The molecule has 0 bridgehead atoms. The van der Waals surface area contributed by atoms with E-state index in [-0.39, 0.29) is 17.8 Å². The molecular formula is C27H26N4O3. The third-order valence-corrected chi connectivity index (χ3v) is 6.25. The van der Waals surface area contributed by atoms with Gasteiger partial charge in [0.25, 0.3) is 5.91 Å². The van der Waals surface area contributed by atoms with Crippen molar-refractivity contribution in [1.29, 1.82) is 0 Å². The van der Waals surface area contributed by atoms with Gasteiger partial charge in [0, 0.05) is 24.8 Å². The summed E-state index contributed by atoms with van der Waals surface area (Å²) < 4.78 is 6.87. The first kappa shape index (κ1) is 21.8. The molecule has 3 heterocycles. The first-order valence-corrected chi connectivity index (χ1v) is 11.6. The third kappa shape index (κ3) is 4.17. The number of ether oxygens (including phenoxy) is 1. The van der Waals surface area contributed by atoms with Crippen LogP contribution >= 0.6 is 0 Å². The molecule has 1 fully saturated rings. The number of amides is 1. The monoisotopic (exact) mass is 454 g/mol. The number of hydrogen-bond acceptors (Lipinski definition) is 5. The average molecular weight is 455 g/mol. The fraction of sp³-hybridized carbons (Fsp3) is 0.259. The van der Waals surface area contributed by atoms with E-state index in [1.807, 2.05) is 24.3 Å². The smallest absolute Gasteiger partial charge is 0.310 e. The summed E-state index contributed by atoms with van der Waals surface area (Å²) in [6.07, 6.45) is 4.77. The molecule has 7 heteroatoms. The van der Waals surface area contributed by atoms with Crippen molar-refractivity contribution in [1.82, 2.24) is 19.5 Å². The highest BCUT2D eigenvalue weighted by Gasteiger charge is 2.31. The maximum absolute atomic E-state index is 13.3. The Morgan fingerprint density at radius 3 is 2.50 bits per heavy atom. The largest absolute Gasteiger partial charge is 0.466 e. The van der Waals surface area contributed by atoms with Crippen LogP contribution in [0.5, 0.6) is 0 Å². The van der Waals surface area contributed by atoms with Crippen molar-refractivity contribution in [3.05, 3.63) is 78.6 Å². The van der Waals surface area contributed by atoms with E-state index in [4.69, 9.17) is 4.74 Å². The summed E-state index contributed by atoms with van der Waals surface area (Å²) >= 11 is 0. The minimum Gasteiger partial charge on any atom is -0.466 e. The van der Waals surface area contributed by atoms with Crippen LogP contribution in [0.2, 0.25) is 0 Å². The number of esters is 1. The van der Waals surface area contributed by atoms with Crippen LogP contribution in [0.25, 0.3) is 28.0 Å². The minimum absolute atomic E-state index is 0.159. The lowest BCUT2D eigenvalue weighted by molar-refractivity contribution is -0.149. The molecule has 1 saturated heterocycles. The lowest BCUT2D eigenvalue weighted by atomic mass is 9.97. The van der Waals surface area contributed by atoms with E-state index in [1.54, 1.807) is 28.7 Å². The standard InChI is InChI=1S/C27H26N4O3/c1-2-34-27(33)22-9-6-16-30(18-22)26(32)23-17-29-31-24(14-15-28-25(23)31)21-12-10-20(11-13-21)19-7-4-3-5-8-19/h3-5,7-8,10-15,17,22H,2,6,9,16,18H2,1H3/t22-/m1/s1. The molecule has 7 nitrogen and oxygen atoms in total.